The maximum Gasteiger partial charge on any atom is 0.326 e. The molecule has 2 N–H and O–H groups in total. The van der Waals surface area contributed by atoms with Gasteiger partial charge in [-0.3, -0.25) is 4.79 Å². The summed E-state index contributed by atoms with van der Waals surface area (Å²) >= 11 is 1.01. The van der Waals surface area contributed by atoms with Crippen LogP contribution in [0.15, 0.2) is 21.7 Å². The molecule has 0 radical (unpaired) electrons. The minimum atomic E-state index is -3.86. The second-order valence-corrected chi connectivity index (χ2v) is 6.82. The molecule has 2 atom stereocenters. The first-order chi connectivity index (χ1) is 9.38. The van der Waals surface area contributed by atoms with Gasteiger partial charge in [0, 0.05) is 7.11 Å². The van der Waals surface area contributed by atoms with E-state index in [1.54, 1.807) is 11.4 Å². The van der Waals surface area contributed by atoms with Crippen LogP contribution in [0.3, 0.4) is 0 Å². The Morgan fingerprint density at radius 2 is 2.20 bits per heavy atom. The van der Waals surface area contributed by atoms with Crippen LogP contribution in [0.4, 0.5) is 0 Å². The van der Waals surface area contributed by atoms with Gasteiger partial charge in [0.25, 0.3) is 10.0 Å². The number of esters is 1. The first kappa shape index (κ1) is 17.1. The highest BCUT2D eigenvalue weighted by atomic mass is 32.2. The molecule has 0 amide bonds. The zero-order chi connectivity index (χ0) is 15.2. The van der Waals surface area contributed by atoms with Crippen LogP contribution in [0.25, 0.3) is 0 Å². The van der Waals surface area contributed by atoms with Crippen LogP contribution < -0.4 is 4.72 Å². The zero-order valence-corrected chi connectivity index (χ0v) is 12.7. The van der Waals surface area contributed by atoms with Crippen LogP contribution in [0.1, 0.15) is 6.92 Å². The predicted octanol–water partition coefficient (Wildman–Crippen LogP) is -0.0346. The number of rotatable bonds is 8. The van der Waals surface area contributed by atoms with Crippen LogP contribution in [0.2, 0.25) is 0 Å². The van der Waals surface area contributed by atoms with Crippen molar-refractivity contribution in [1.29, 1.82) is 0 Å². The lowest BCUT2D eigenvalue weighted by Gasteiger charge is -2.19. The van der Waals surface area contributed by atoms with Crippen molar-refractivity contribution >= 4 is 27.3 Å². The van der Waals surface area contributed by atoms with Gasteiger partial charge in [0.05, 0.1) is 12.7 Å². The Hall–Kier alpha value is -1.00. The quantitative estimate of drug-likeness (QED) is 0.514. The van der Waals surface area contributed by atoms with Gasteiger partial charge in [-0.25, -0.2) is 8.42 Å². The highest BCUT2D eigenvalue weighted by Gasteiger charge is 2.31. The fourth-order valence-electron chi connectivity index (χ4n) is 1.30. The van der Waals surface area contributed by atoms with Crippen molar-refractivity contribution in [3.05, 3.63) is 17.5 Å². The van der Waals surface area contributed by atoms with Crippen molar-refractivity contribution < 1.29 is 27.8 Å². The number of aliphatic hydroxyl groups excluding tert-OH is 1. The van der Waals surface area contributed by atoms with Crippen LogP contribution >= 0.6 is 11.3 Å². The van der Waals surface area contributed by atoms with Gasteiger partial charge in [-0.05, 0) is 18.4 Å². The monoisotopic (exact) mass is 323 g/mol. The summed E-state index contributed by atoms with van der Waals surface area (Å²) in [4.78, 5) is 11.7. The van der Waals surface area contributed by atoms with E-state index in [2.05, 4.69) is 4.72 Å². The van der Waals surface area contributed by atoms with Gasteiger partial charge in [-0.1, -0.05) is 6.07 Å². The van der Waals surface area contributed by atoms with Crippen molar-refractivity contribution in [2.75, 3.05) is 20.3 Å². The van der Waals surface area contributed by atoms with Gasteiger partial charge in [-0.15, -0.1) is 11.3 Å². The number of nitrogens with one attached hydrogen (secondary N) is 1. The molecule has 0 spiro atoms. The maximum atomic E-state index is 12.0. The molecule has 1 aromatic rings. The average Bonchev–Trinajstić information content (AvgIpc) is 2.90. The number of thiophene rings is 1. The summed E-state index contributed by atoms with van der Waals surface area (Å²) < 4.78 is 35.7. The summed E-state index contributed by atoms with van der Waals surface area (Å²) in [5.74, 6) is -0.850. The van der Waals surface area contributed by atoms with Crippen molar-refractivity contribution in [2.45, 2.75) is 23.3 Å². The van der Waals surface area contributed by atoms with Crippen LogP contribution in [0, 0.1) is 0 Å². The lowest BCUT2D eigenvalue weighted by Crippen LogP contribution is -2.48. The summed E-state index contributed by atoms with van der Waals surface area (Å²) in [5, 5.41) is 11.1. The fraction of sp³-hybridized carbons (Fsp3) is 0.545. The maximum absolute atomic E-state index is 12.0. The van der Waals surface area contributed by atoms with Crippen molar-refractivity contribution in [2.24, 2.45) is 0 Å². The van der Waals surface area contributed by atoms with E-state index >= 15 is 0 Å². The molecule has 0 bridgehead atoms. The zero-order valence-electron chi connectivity index (χ0n) is 11.1. The minimum absolute atomic E-state index is 0.0146. The molecule has 7 nitrogen and oxygen atoms in total. The molecule has 0 aliphatic heterocycles. The molecular formula is C11H17NO6S2. The van der Waals surface area contributed by atoms with E-state index < -0.39 is 28.1 Å². The first-order valence-electron chi connectivity index (χ1n) is 5.78. The fourth-order valence-corrected chi connectivity index (χ4v) is 3.57. The molecule has 0 fully saturated rings. The van der Waals surface area contributed by atoms with Crippen LogP contribution in [0.5, 0.6) is 0 Å². The normalized spacial score (nSPS) is 14.8. The first-order valence-corrected chi connectivity index (χ1v) is 8.14. The minimum Gasteiger partial charge on any atom is -0.462 e. The molecule has 1 rings (SSSR count). The SMILES string of the molecule is COCCOC(=O)[C@H](NS(=O)(=O)c1cccs1)[C@H](C)O. The smallest absolute Gasteiger partial charge is 0.326 e. The topological polar surface area (TPSA) is 102 Å². The van der Waals surface area contributed by atoms with E-state index in [1.165, 1.54) is 20.1 Å². The summed E-state index contributed by atoms with van der Waals surface area (Å²) in [5.41, 5.74) is 0. The van der Waals surface area contributed by atoms with Crippen LogP contribution in [-0.4, -0.2) is 52.0 Å². The molecule has 0 aromatic carbocycles. The molecule has 0 saturated carbocycles. The van der Waals surface area contributed by atoms with Crippen molar-refractivity contribution in [3.8, 4) is 0 Å². The molecular weight excluding hydrogens is 306 g/mol. The third-order valence-electron chi connectivity index (χ3n) is 2.31. The standard InChI is InChI=1S/C11H17NO6S2/c1-8(13)10(11(14)18-6-5-17-2)12-20(15,16)9-4-3-7-19-9/h3-4,7-8,10,12-13H,5-6H2,1-2H3/t8-,10+/m0/s1. The van der Waals surface area contributed by atoms with E-state index in [4.69, 9.17) is 9.47 Å². The van der Waals surface area contributed by atoms with Gasteiger partial charge in [0.1, 0.15) is 16.9 Å². The number of methoxy groups -OCH3 is 1. The number of hydrogen-bond acceptors (Lipinski definition) is 7. The molecule has 1 heterocycles. The Morgan fingerprint density at radius 3 is 2.70 bits per heavy atom. The third kappa shape index (κ3) is 4.84. The van der Waals surface area contributed by atoms with E-state index in [0.717, 1.165) is 11.3 Å². The highest BCUT2D eigenvalue weighted by molar-refractivity contribution is 7.91. The third-order valence-corrected chi connectivity index (χ3v) is 5.15. The molecule has 0 aliphatic carbocycles. The highest BCUT2D eigenvalue weighted by Crippen LogP contribution is 2.16. The summed E-state index contributed by atoms with van der Waals surface area (Å²) in [6.07, 6.45) is -1.22. The van der Waals surface area contributed by atoms with E-state index in [1.807, 2.05) is 0 Å². The molecule has 0 unspecified atom stereocenters. The van der Waals surface area contributed by atoms with Gasteiger partial charge >= 0.3 is 5.97 Å². The second-order valence-electron chi connectivity index (χ2n) is 3.93. The predicted molar refractivity (Wildman–Crippen MR) is 72.9 cm³/mol. The van der Waals surface area contributed by atoms with Gasteiger partial charge in [-0.2, -0.15) is 4.72 Å². The summed E-state index contributed by atoms with van der Waals surface area (Å²) in [6, 6.07) is 1.62. The molecule has 0 saturated heterocycles. The van der Waals surface area contributed by atoms with E-state index in [-0.39, 0.29) is 17.4 Å². The van der Waals surface area contributed by atoms with Gasteiger partial charge in [0.2, 0.25) is 0 Å². The Kier molecular flexibility index (Phi) is 6.56. The number of carbonyl (C=O) groups excluding carboxylic acids is 1. The Balaban J connectivity index is 2.75. The Labute approximate surface area is 121 Å². The second kappa shape index (κ2) is 7.70. The Bertz CT molecular complexity index is 511. The molecule has 9 heteroatoms. The number of ether oxygens (including phenoxy) is 2. The van der Waals surface area contributed by atoms with Crippen molar-refractivity contribution in [1.82, 2.24) is 4.72 Å². The number of aliphatic hydroxyl groups is 1. The van der Waals surface area contributed by atoms with Gasteiger partial charge in [0.15, 0.2) is 0 Å². The van der Waals surface area contributed by atoms with E-state index in [9.17, 15) is 18.3 Å². The summed E-state index contributed by atoms with van der Waals surface area (Å²) in [7, 11) is -2.42. The number of sulfonamides is 1. The lowest BCUT2D eigenvalue weighted by molar-refractivity contribution is -0.149. The Morgan fingerprint density at radius 1 is 1.50 bits per heavy atom. The van der Waals surface area contributed by atoms with Crippen LogP contribution in [-0.2, 0) is 24.3 Å². The van der Waals surface area contributed by atoms with Crippen molar-refractivity contribution in [3.63, 3.8) is 0 Å². The average molecular weight is 323 g/mol. The molecule has 114 valence electrons. The molecule has 0 aliphatic rings. The molecule has 1 aromatic heterocycles. The van der Waals surface area contributed by atoms with E-state index in [0.29, 0.717) is 0 Å². The molecule has 20 heavy (non-hydrogen) atoms. The summed E-state index contributed by atoms with van der Waals surface area (Å²) in [6.45, 7) is 1.48. The largest absolute Gasteiger partial charge is 0.462 e. The van der Waals surface area contributed by atoms with Gasteiger partial charge < -0.3 is 14.6 Å². The lowest BCUT2D eigenvalue weighted by atomic mass is 10.2. The number of carbonyl (C=O) groups is 1. The number of hydrogen-bond donors (Lipinski definition) is 2.